The molecule has 2 unspecified atom stereocenters. The number of hydrogen-bond donors (Lipinski definition) is 1. The molecule has 2 rings (SSSR count). The Labute approximate surface area is 110 Å². The lowest BCUT2D eigenvalue weighted by atomic mass is 9.93. The first-order chi connectivity index (χ1) is 8.67. The van der Waals surface area contributed by atoms with Crippen LogP contribution in [0.15, 0.2) is 6.20 Å². The van der Waals surface area contributed by atoms with Crippen LogP contribution in [0.3, 0.4) is 0 Å². The Kier molecular flexibility index (Phi) is 4.40. The van der Waals surface area contributed by atoms with Gasteiger partial charge in [0, 0.05) is 31.4 Å². The van der Waals surface area contributed by atoms with Crippen molar-refractivity contribution in [2.24, 2.45) is 18.7 Å². The van der Waals surface area contributed by atoms with Gasteiger partial charge in [0.05, 0.1) is 12.2 Å². The molecule has 2 atom stereocenters. The molecular weight excluding hydrogens is 224 g/mol. The van der Waals surface area contributed by atoms with E-state index >= 15 is 0 Å². The molecule has 0 aromatic carbocycles. The number of nitrogens with zero attached hydrogens (tertiary/aromatic N) is 3. The molecule has 102 valence electrons. The number of likely N-dealkylation sites (tertiary alicyclic amines) is 1. The van der Waals surface area contributed by atoms with Gasteiger partial charge in [-0.15, -0.1) is 0 Å². The van der Waals surface area contributed by atoms with Gasteiger partial charge in [-0.2, -0.15) is 5.10 Å². The van der Waals surface area contributed by atoms with E-state index in [1.807, 2.05) is 17.9 Å². The van der Waals surface area contributed by atoms with Crippen LogP contribution in [-0.4, -0.2) is 34.3 Å². The van der Waals surface area contributed by atoms with E-state index in [9.17, 15) is 0 Å². The van der Waals surface area contributed by atoms with Crippen LogP contribution in [-0.2, 0) is 7.05 Å². The molecule has 0 bridgehead atoms. The van der Waals surface area contributed by atoms with Crippen molar-refractivity contribution < 1.29 is 0 Å². The smallest absolute Gasteiger partial charge is 0.0540 e. The molecule has 0 spiro atoms. The van der Waals surface area contributed by atoms with Gasteiger partial charge in [-0.05, 0) is 32.2 Å². The standard InChI is InChI=1S/C14H26N4/c1-4-12-6-5-7-18(10-12)14(8-15)13-9-16-17(3)11(13)2/h9,12,14H,4-8,10,15H2,1-3H3. The number of hydrogen-bond acceptors (Lipinski definition) is 3. The van der Waals surface area contributed by atoms with Crippen LogP contribution in [0, 0.1) is 12.8 Å². The van der Waals surface area contributed by atoms with Crippen molar-refractivity contribution in [1.29, 1.82) is 0 Å². The van der Waals surface area contributed by atoms with Crippen molar-refractivity contribution >= 4 is 0 Å². The Morgan fingerprint density at radius 2 is 2.33 bits per heavy atom. The van der Waals surface area contributed by atoms with Crippen molar-refractivity contribution in [1.82, 2.24) is 14.7 Å². The van der Waals surface area contributed by atoms with Gasteiger partial charge in [0.15, 0.2) is 0 Å². The Hall–Kier alpha value is -0.870. The number of piperidine rings is 1. The largest absolute Gasteiger partial charge is 0.329 e. The van der Waals surface area contributed by atoms with Gasteiger partial charge in [-0.1, -0.05) is 13.3 Å². The van der Waals surface area contributed by atoms with Gasteiger partial charge in [-0.3, -0.25) is 9.58 Å². The average molecular weight is 250 g/mol. The monoisotopic (exact) mass is 250 g/mol. The molecule has 18 heavy (non-hydrogen) atoms. The average Bonchev–Trinajstić information content (AvgIpc) is 2.72. The fraction of sp³-hybridized carbons (Fsp3) is 0.786. The second kappa shape index (κ2) is 5.85. The van der Waals surface area contributed by atoms with Crippen molar-refractivity contribution in [3.8, 4) is 0 Å². The molecule has 1 aliphatic rings. The Bertz CT molecular complexity index is 385. The molecule has 4 heteroatoms. The molecule has 1 aliphatic heterocycles. The lowest BCUT2D eigenvalue weighted by Crippen LogP contribution is -2.41. The molecule has 4 nitrogen and oxygen atoms in total. The maximum absolute atomic E-state index is 6.02. The summed E-state index contributed by atoms with van der Waals surface area (Å²) >= 11 is 0. The van der Waals surface area contributed by atoms with E-state index in [1.165, 1.54) is 43.6 Å². The lowest BCUT2D eigenvalue weighted by Gasteiger charge is -2.37. The highest BCUT2D eigenvalue weighted by molar-refractivity contribution is 5.21. The highest BCUT2D eigenvalue weighted by Gasteiger charge is 2.27. The summed E-state index contributed by atoms with van der Waals surface area (Å²) in [5.41, 5.74) is 8.56. The summed E-state index contributed by atoms with van der Waals surface area (Å²) < 4.78 is 1.94. The third-order valence-corrected chi connectivity index (χ3v) is 4.42. The normalized spacial score (nSPS) is 23.2. The first-order valence-electron chi connectivity index (χ1n) is 7.10. The Morgan fingerprint density at radius 3 is 2.89 bits per heavy atom. The molecule has 2 heterocycles. The SMILES string of the molecule is CCC1CCCN(C(CN)c2cnn(C)c2C)C1. The minimum Gasteiger partial charge on any atom is -0.329 e. The predicted octanol–water partition coefficient (Wildman–Crippen LogP) is 1.85. The number of aromatic nitrogens is 2. The first-order valence-corrected chi connectivity index (χ1v) is 7.10. The fourth-order valence-electron chi connectivity index (χ4n) is 3.03. The van der Waals surface area contributed by atoms with Gasteiger partial charge in [0.25, 0.3) is 0 Å². The second-order valence-electron chi connectivity index (χ2n) is 5.47. The molecule has 0 radical (unpaired) electrons. The maximum Gasteiger partial charge on any atom is 0.0540 e. The minimum absolute atomic E-state index is 0.341. The predicted molar refractivity (Wildman–Crippen MR) is 74.3 cm³/mol. The molecule has 1 aromatic heterocycles. The van der Waals surface area contributed by atoms with Crippen LogP contribution in [0.2, 0.25) is 0 Å². The molecular formula is C14H26N4. The van der Waals surface area contributed by atoms with E-state index in [0.717, 1.165) is 5.92 Å². The molecule has 1 aromatic rings. The van der Waals surface area contributed by atoms with Crippen LogP contribution in [0.5, 0.6) is 0 Å². The zero-order valence-electron chi connectivity index (χ0n) is 11.9. The quantitative estimate of drug-likeness (QED) is 0.887. The highest BCUT2D eigenvalue weighted by atomic mass is 15.3. The Morgan fingerprint density at radius 1 is 1.56 bits per heavy atom. The number of rotatable bonds is 4. The fourth-order valence-corrected chi connectivity index (χ4v) is 3.03. The van der Waals surface area contributed by atoms with Gasteiger partial charge >= 0.3 is 0 Å². The number of aryl methyl sites for hydroxylation is 1. The third kappa shape index (κ3) is 2.59. The molecule has 2 N–H and O–H groups in total. The van der Waals surface area contributed by atoms with Gasteiger partial charge in [0.1, 0.15) is 0 Å². The summed E-state index contributed by atoms with van der Waals surface area (Å²) in [5.74, 6) is 0.838. The van der Waals surface area contributed by atoms with Crippen molar-refractivity contribution in [3.05, 3.63) is 17.5 Å². The zero-order chi connectivity index (χ0) is 13.1. The topological polar surface area (TPSA) is 47.1 Å². The van der Waals surface area contributed by atoms with Crippen LogP contribution in [0.1, 0.15) is 43.5 Å². The summed E-state index contributed by atoms with van der Waals surface area (Å²) in [6.07, 6.45) is 5.94. The van der Waals surface area contributed by atoms with Crippen LogP contribution in [0.4, 0.5) is 0 Å². The van der Waals surface area contributed by atoms with E-state index in [2.05, 4.69) is 23.8 Å². The van der Waals surface area contributed by atoms with Crippen molar-refractivity contribution in [3.63, 3.8) is 0 Å². The molecule has 1 saturated heterocycles. The third-order valence-electron chi connectivity index (χ3n) is 4.42. The molecule has 1 fully saturated rings. The summed E-state index contributed by atoms with van der Waals surface area (Å²) in [6.45, 7) is 7.47. The lowest BCUT2D eigenvalue weighted by molar-refractivity contribution is 0.124. The Balaban J connectivity index is 2.15. The minimum atomic E-state index is 0.341. The van der Waals surface area contributed by atoms with Crippen molar-refractivity contribution in [2.45, 2.75) is 39.2 Å². The van der Waals surface area contributed by atoms with Crippen molar-refractivity contribution in [2.75, 3.05) is 19.6 Å². The first kappa shape index (κ1) is 13.6. The summed E-state index contributed by atoms with van der Waals surface area (Å²) in [5, 5.41) is 4.35. The van der Waals surface area contributed by atoms with E-state index in [-0.39, 0.29) is 0 Å². The second-order valence-corrected chi connectivity index (χ2v) is 5.47. The van der Waals surface area contributed by atoms with Crippen LogP contribution in [0.25, 0.3) is 0 Å². The highest BCUT2D eigenvalue weighted by Crippen LogP contribution is 2.28. The van der Waals surface area contributed by atoms with Crippen LogP contribution >= 0.6 is 0 Å². The molecule has 0 saturated carbocycles. The zero-order valence-corrected chi connectivity index (χ0v) is 11.9. The summed E-state index contributed by atoms with van der Waals surface area (Å²) in [4.78, 5) is 2.56. The summed E-state index contributed by atoms with van der Waals surface area (Å²) in [7, 11) is 2.00. The molecule has 0 aliphatic carbocycles. The summed E-state index contributed by atoms with van der Waals surface area (Å²) in [6, 6.07) is 0.341. The maximum atomic E-state index is 6.02. The van der Waals surface area contributed by atoms with Gasteiger partial charge in [-0.25, -0.2) is 0 Å². The van der Waals surface area contributed by atoms with E-state index in [4.69, 9.17) is 5.73 Å². The van der Waals surface area contributed by atoms with Crippen LogP contribution < -0.4 is 5.73 Å². The van der Waals surface area contributed by atoms with Gasteiger partial charge in [0.2, 0.25) is 0 Å². The van der Waals surface area contributed by atoms with E-state index < -0.39 is 0 Å². The number of nitrogens with two attached hydrogens (primary N) is 1. The van der Waals surface area contributed by atoms with E-state index in [0.29, 0.717) is 12.6 Å². The van der Waals surface area contributed by atoms with Gasteiger partial charge < -0.3 is 5.73 Å². The molecule has 0 amide bonds. The van der Waals surface area contributed by atoms with E-state index in [1.54, 1.807) is 0 Å².